The highest BCUT2D eigenvalue weighted by Gasteiger charge is 2.55. The minimum atomic E-state index is -1.15. The Morgan fingerprint density at radius 1 is 1.42 bits per heavy atom. The lowest BCUT2D eigenvalue weighted by molar-refractivity contribution is -0.136. The van der Waals surface area contributed by atoms with Crippen LogP contribution in [0.4, 0.5) is 4.79 Å². The molecule has 2 aliphatic heterocycles. The zero-order valence-electron chi connectivity index (χ0n) is 13.3. The van der Waals surface area contributed by atoms with Crippen molar-refractivity contribution in [2.45, 2.75) is 12.0 Å². The van der Waals surface area contributed by atoms with E-state index < -0.39 is 23.4 Å². The van der Waals surface area contributed by atoms with Crippen molar-refractivity contribution >= 4 is 17.8 Å². The lowest BCUT2D eigenvalue weighted by Gasteiger charge is -2.33. The number of carbonyl (C=O) groups excluding carboxylic acids is 3. The molecule has 8 heteroatoms. The molecule has 0 saturated carbocycles. The molecular formula is C16H19N3O5. The van der Waals surface area contributed by atoms with Crippen LogP contribution in [0.5, 0.6) is 5.75 Å². The summed E-state index contributed by atoms with van der Waals surface area (Å²) in [4.78, 5) is 38.1. The Hall–Kier alpha value is -2.61. The smallest absolute Gasteiger partial charge is 0.325 e. The molecule has 3 rings (SSSR count). The van der Waals surface area contributed by atoms with Crippen molar-refractivity contribution in [3.8, 4) is 5.75 Å². The van der Waals surface area contributed by atoms with Crippen LogP contribution in [0.1, 0.15) is 12.0 Å². The highest BCUT2D eigenvalue weighted by molar-refractivity contribution is 6.09. The van der Waals surface area contributed by atoms with Crippen LogP contribution in [0.15, 0.2) is 24.3 Å². The number of benzene rings is 1. The van der Waals surface area contributed by atoms with E-state index in [4.69, 9.17) is 9.47 Å². The Bertz CT molecular complexity index is 677. The number of hydrogen-bond acceptors (Lipinski definition) is 5. The summed E-state index contributed by atoms with van der Waals surface area (Å²) in [7, 11) is 1.52. The number of rotatable bonds is 5. The molecule has 1 aromatic carbocycles. The first-order chi connectivity index (χ1) is 11.6. The summed E-state index contributed by atoms with van der Waals surface area (Å²) in [6.07, 6.45) is 0.330. The maximum Gasteiger partial charge on any atom is 0.325 e. The van der Waals surface area contributed by atoms with Crippen LogP contribution < -0.4 is 15.4 Å². The first-order valence-electron chi connectivity index (χ1n) is 7.70. The van der Waals surface area contributed by atoms with Gasteiger partial charge in [-0.05, 0) is 6.07 Å². The van der Waals surface area contributed by atoms with Crippen LogP contribution in [0, 0.1) is 0 Å². The van der Waals surface area contributed by atoms with Gasteiger partial charge in [0.25, 0.3) is 5.91 Å². The van der Waals surface area contributed by atoms with Gasteiger partial charge in [-0.1, -0.05) is 18.2 Å². The Kier molecular flexibility index (Phi) is 4.39. The molecule has 0 aromatic heterocycles. The van der Waals surface area contributed by atoms with Crippen molar-refractivity contribution in [1.82, 2.24) is 15.5 Å². The van der Waals surface area contributed by atoms with Gasteiger partial charge in [-0.25, -0.2) is 4.79 Å². The number of amides is 4. The average molecular weight is 333 g/mol. The molecule has 1 atom stereocenters. The maximum atomic E-state index is 12.9. The standard InChI is InChI=1S/C16H19N3O5/c1-23-9-7-17-13(20)10-19-14(21)16(18-15(19)22)6-8-24-12-5-3-2-4-11(12)16/h2-5H,6-10H2,1H3,(H,17,20)(H,18,22)/t16-/m0/s1. The molecule has 0 radical (unpaired) electrons. The zero-order chi connectivity index (χ0) is 17.2. The maximum absolute atomic E-state index is 12.9. The molecule has 0 bridgehead atoms. The van der Waals surface area contributed by atoms with Crippen molar-refractivity contribution < 1.29 is 23.9 Å². The molecular weight excluding hydrogens is 314 g/mol. The third-order valence-corrected chi connectivity index (χ3v) is 4.19. The third-order valence-electron chi connectivity index (χ3n) is 4.19. The summed E-state index contributed by atoms with van der Waals surface area (Å²) < 4.78 is 10.4. The van der Waals surface area contributed by atoms with Gasteiger partial charge in [0.15, 0.2) is 5.54 Å². The van der Waals surface area contributed by atoms with Gasteiger partial charge in [-0.2, -0.15) is 0 Å². The predicted octanol–water partition coefficient (Wildman–Crippen LogP) is -0.0212. The van der Waals surface area contributed by atoms with Crippen LogP contribution in [-0.2, 0) is 19.9 Å². The van der Waals surface area contributed by atoms with Gasteiger partial charge in [0.1, 0.15) is 12.3 Å². The second-order valence-corrected chi connectivity index (χ2v) is 5.66. The molecule has 1 aromatic rings. The lowest BCUT2D eigenvalue weighted by atomic mass is 9.84. The second-order valence-electron chi connectivity index (χ2n) is 5.66. The summed E-state index contributed by atoms with van der Waals surface area (Å²) in [5.74, 6) is -0.262. The summed E-state index contributed by atoms with van der Waals surface area (Å²) >= 11 is 0. The van der Waals surface area contributed by atoms with Gasteiger partial charge < -0.3 is 20.1 Å². The lowest BCUT2D eigenvalue weighted by Crippen LogP contribution is -2.48. The number of urea groups is 1. The summed E-state index contributed by atoms with van der Waals surface area (Å²) in [5, 5.41) is 5.35. The van der Waals surface area contributed by atoms with Crippen LogP contribution in [0.25, 0.3) is 0 Å². The van der Waals surface area contributed by atoms with Crippen molar-refractivity contribution in [3.05, 3.63) is 29.8 Å². The SMILES string of the molecule is COCCNC(=O)CN1C(=O)N[C@]2(CCOc3ccccc32)C1=O. The quantitative estimate of drug-likeness (QED) is 0.583. The van der Waals surface area contributed by atoms with E-state index in [0.717, 1.165) is 4.90 Å². The van der Waals surface area contributed by atoms with Crippen molar-refractivity contribution in [3.63, 3.8) is 0 Å². The Morgan fingerprint density at radius 3 is 3.00 bits per heavy atom. The normalized spacial score (nSPS) is 22.1. The summed E-state index contributed by atoms with van der Waals surface area (Å²) in [6, 6.07) is 6.54. The average Bonchev–Trinajstić information content (AvgIpc) is 2.81. The topological polar surface area (TPSA) is 97.0 Å². The molecule has 1 saturated heterocycles. The molecule has 128 valence electrons. The van der Waals surface area contributed by atoms with Gasteiger partial charge in [0, 0.05) is 25.6 Å². The van der Waals surface area contributed by atoms with Crippen LogP contribution in [-0.4, -0.2) is 56.2 Å². The summed E-state index contributed by atoms with van der Waals surface area (Å²) in [5.41, 5.74) is -0.532. The van der Waals surface area contributed by atoms with E-state index in [1.807, 2.05) is 0 Å². The first-order valence-corrected chi connectivity index (χ1v) is 7.70. The van der Waals surface area contributed by atoms with Gasteiger partial charge in [-0.15, -0.1) is 0 Å². The van der Waals surface area contributed by atoms with Crippen molar-refractivity contribution in [2.24, 2.45) is 0 Å². The van der Waals surface area contributed by atoms with E-state index in [2.05, 4.69) is 10.6 Å². The Labute approximate surface area is 139 Å². The zero-order valence-corrected chi connectivity index (χ0v) is 13.3. The van der Waals surface area contributed by atoms with Crippen LogP contribution >= 0.6 is 0 Å². The predicted molar refractivity (Wildman–Crippen MR) is 83.4 cm³/mol. The van der Waals surface area contributed by atoms with Gasteiger partial charge >= 0.3 is 6.03 Å². The molecule has 0 unspecified atom stereocenters. The summed E-state index contributed by atoms with van der Waals surface area (Å²) in [6.45, 7) is 0.678. The fourth-order valence-corrected chi connectivity index (χ4v) is 3.01. The number of para-hydroxylation sites is 1. The molecule has 2 aliphatic rings. The fraction of sp³-hybridized carbons (Fsp3) is 0.438. The first kappa shape index (κ1) is 16.3. The number of methoxy groups -OCH3 is 1. The number of imide groups is 1. The third kappa shape index (κ3) is 2.69. The molecule has 0 aliphatic carbocycles. The van der Waals surface area contributed by atoms with E-state index in [1.54, 1.807) is 24.3 Å². The highest BCUT2D eigenvalue weighted by Crippen LogP contribution is 2.40. The van der Waals surface area contributed by atoms with Crippen molar-refractivity contribution in [2.75, 3.05) is 33.4 Å². The monoisotopic (exact) mass is 333 g/mol. The number of hydrogen-bond donors (Lipinski definition) is 2. The van der Waals surface area contributed by atoms with E-state index in [9.17, 15) is 14.4 Å². The largest absolute Gasteiger partial charge is 0.493 e. The number of fused-ring (bicyclic) bond motifs is 2. The van der Waals surface area contributed by atoms with E-state index in [0.29, 0.717) is 37.5 Å². The number of nitrogens with one attached hydrogen (secondary N) is 2. The van der Waals surface area contributed by atoms with Gasteiger partial charge in [0.2, 0.25) is 5.91 Å². The second kappa shape index (κ2) is 6.48. The molecule has 2 heterocycles. The Balaban J connectivity index is 1.79. The molecule has 2 N–H and O–H groups in total. The number of ether oxygens (including phenoxy) is 2. The molecule has 4 amide bonds. The van der Waals surface area contributed by atoms with Gasteiger partial charge in [-0.3, -0.25) is 14.5 Å². The minimum absolute atomic E-state index is 0.316. The van der Waals surface area contributed by atoms with E-state index in [-0.39, 0.29) is 6.54 Å². The van der Waals surface area contributed by atoms with Gasteiger partial charge in [0.05, 0.1) is 13.2 Å². The highest BCUT2D eigenvalue weighted by atomic mass is 16.5. The van der Waals surface area contributed by atoms with Crippen LogP contribution in [0.3, 0.4) is 0 Å². The van der Waals surface area contributed by atoms with E-state index in [1.165, 1.54) is 7.11 Å². The molecule has 24 heavy (non-hydrogen) atoms. The van der Waals surface area contributed by atoms with Crippen LogP contribution in [0.2, 0.25) is 0 Å². The molecule has 8 nitrogen and oxygen atoms in total. The Morgan fingerprint density at radius 2 is 2.21 bits per heavy atom. The number of nitrogens with zero attached hydrogens (tertiary/aromatic N) is 1. The number of carbonyl (C=O) groups is 3. The minimum Gasteiger partial charge on any atom is -0.493 e. The molecule has 1 spiro atoms. The fourth-order valence-electron chi connectivity index (χ4n) is 3.01. The van der Waals surface area contributed by atoms with Crippen molar-refractivity contribution in [1.29, 1.82) is 0 Å². The van der Waals surface area contributed by atoms with E-state index >= 15 is 0 Å². The molecule has 1 fully saturated rings.